The molecule has 2 amide bonds. The number of ether oxygens (including phenoxy) is 2. The Morgan fingerprint density at radius 2 is 1.94 bits per heavy atom. The normalized spacial score (nSPS) is 14.6. The largest absolute Gasteiger partial charge is 0.501 e. The molecular weight excluding hydrogens is 238 g/mol. The molecule has 1 rings (SSSR count). The number of hydrogen-bond acceptors (Lipinski definition) is 5. The Kier molecular flexibility index (Phi) is 5.63. The monoisotopic (exact) mass is 253 g/mol. The summed E-state index contributed by atoms with van der Waals surface area (Å²) in [4.78, 5) is 34.5. The summed E-state index contributed by atoms with van der Waals surface area (Å²) >= 11 is 0. The molecule has 6 nitrogen and oxygen atoms in total. The third-order valence-corrected chi connectivity index (χ3v) is 2.13. The van der Waals surface area contributed by atoms with Crippen LogP contribution in [0.3, 0.4) is 0 Å². The maximum Gasteiger partial charge on any atom is 0.309 e. The molecule has 0 spiro atoms. The van der Waals surface area contributed by atoms with Crippen LogP contribution in [0.15, 0.2) is 24.5 Å². The molecule has 1 aliphatic rings. The molecule has 0 aromatic heterocycles. The smallest absolute Gasteiger partial charge is 0.309 e. The summed E-state index contributed by atoms with van der Waals surface area (Å²) in [6.07, 6.45) is 5.71. The van der Waals surface area contributed by atoms with E-state index >= 15 is 0 Å². The standard InChI is InChI=1S/C12H15NO5/c1-2-7-17-8-5-12(16)18-9-6-13-10(14)3-4-11(13)15/h2-4,7H,5-6,8-9H2,1H3/b7-2+. The number of allylic oxidation sites excluding steroid dienone is 1. The molecule has 0 unspecified atom stereocenters. The summed E-state index contributed by atoms with van der Waals surface area (Å²) in [6.45, 7) is 2.12. The van der Waals surface area contributed by atoms with Gasteiger partial charge in [0.05, 0.1) is 25.8 Å². The van der Waals surface area contributed by atoms with Crippen molar-refractivity contribution in [2.24, 2.45) is 0 Å². The second kappa shape index (κ2) is 7.26. The summed E-state index contributed by atoms with van der Waals surface area (Å²) in [5.41, 5.74) is 0. The first-order chi connectivity index (χ1) is 8.65. The number of hydrogen-bond donors (Lipinski definition) is 0. The molecule has 0 saturated carbocycles. The van der Waals surface area contributed by atoms with Gasteiger partial charge in [0.2, 0.25) is 0 Å². The van der Waals surface area contributed by atoms with Crippen LogP contribution in [0, 0.1) is 0 Å². The summed E-state index contributed by atoms with van der Waals surface area (Å²) in [6, 6.07) is 0. The van der Waals surface area contributed by atoms with E-state index in [9.17, 15) is 14.4 Å². The predicted molar refractivity (Wildman–Crippen MR) is 62.2 cm³/mol. The van der Waals surface area contributed by atoms with Crippen LogP contribution < -0.4 is 0 Å². The van der Waals surface area contributed by atoms with Crippen LogP contribution in [0.2, 0.25) is 0 Å². The Bertz CT molecular complexity index is 368. The van der Waals surface area contributed by atoms with Gasteiger partial charge < -0.3 is 9.47 Å². The third-order valence-electron chi connectivity index (χ3n) is 2.13. The van der Waals surface area contributed by atoms with Crippen molar-refractivity contribution in [2.45, 2.75) is 13.3 Å². The van der Waals surface area contributed by atoms with E-state index in [1.807, 2.05) is 0 Å². The van der Waals surface area contributed by atoms with E-state index in [0.717, 1.165) is 4.90 Å². The van der Waals surface area contributed by atoms with Crippen LogP contribution >= 0.6 is 0 Å². The Morgan fingerprint density at radius 3 is 2.56 bits per heavy atom. The SMILES string of the molecule is C/C=C/OCCC(=O)OCCN1C(=O)C=CC1=O. The molecule has 0 radical (unpaired) electrons. The number of carbonyl (C=O) groups excluding carboxylic acids is 3. The lowest BCUT2D eigenvalue weighted by atomic mass is 10.4. The fraction of sp³-hybridized carbons (Fsp3) is 0.417. The zero-order valence-corrected chi connectivity index (χ0v) is 10.1. The highest BCUT2D eigenvalue weighted by atomic mass is 16.5. The number of amides is 2. The van der Waals surface area contributed by atoms with E-state index in [4.69, 9.17) is 9.47 Å². The molecule has 6 heteroatoms. The van der Waals surface area contributed by atoms with Crippen LogP contribution in [0.4, 0.5) is 0 Å². The molecule has 0 bridgehead atoms. The van der Waals surface area contributed by atoms with Gasteiger partial charge in [0.1, 0.15) is 6.61 Å². The Hall–Kier alpha value is -2.11. The molecule has 18 heavy (non-hydrogen) atoms. The van der Waals surface area contributed by atoms with Gasteiger partial charge in [0.25, 0.3) is 11.8 Å². The summed E-state index contributed by atoms with van der Waals surface area (Å²) in [7, 11) is 0. The minimum atomic E-state index is -0.424. The van der Waals surface area contributed by atoms with Crippen molar-refractivity contribution < 1.29 is 23.9 Å². The Balaban J connectivity index is 2.12. The maximum atomic E-state index is 11.2. The number of imide groups is 1. The number of nitrogens with zero attached hydrogens (tertiary/aromatic N) is 1. The van der Waals surface area contributed by atoms with Gasteiger partial charge in [0, 0.05) is 12.2 Å². The van der Waals surface area contributed by atoms with E-state index in [-0.39, 0.29) is 38.0 Å². The van der Waals surface area contributed by atoms with Crippen molar-refractivity contribution in [3.63, 3.8) is 0 Å². The second-order valence-electron chi connectivity index (χ2n) is 3.47. The van der Waals surface area contributed by atoms with Crippen molar-refractivity contribution in [2.75, 3.05) is 19.8 Å². The number of esters is 1. The van der Waals surface area contributed by atoms with Crippen LogP contribution in [-0.4, -0.2) is 42.4 Å². The molecule has 0 aliphatic carbocycles. The Morgan fingerprint density at radius 1 is 1.28 bits per heavy atom. The zero-order chi connectivity index (χ0) is 13.4. The van der Waals surface area contributed by atoms with Gasteiger partial charge in [-0.25, -0.2) is 0 Å². The number of carbonyl (C=O) groups is 3. The van der Waals surface area contributed by atoms with E-state index in [1.165, 1.54) is 18.4 Å². The average Bonchev–Trinajstić information content (AvgIpc) is 2.66. The first-order valence-corrected chi connectivity index (χ1v) is 5.57. The first kappa shape index (κ1) is 14.0. The van der Waals surface area contributed by atoms with Crippen molar-refractivity contribution >= 4 is 17.8 Å². The fourth-order valence-electron chi connectivity index (χ4n) is 1.28. The quantitative estimate of drug-likeness (QED) is 0.284. The lowest BCUT2D eigenvalue weighted by Crippen LogP contribution is -2.33. The highest BCUT2D eigenvalue weighted by molar-refractivity contribution is 6.12. The third kappa shape index (κ3) is 4.40. The van der Waals surface area contributed by atoms with Crippen molar-refractivity contribution in [3.05, 3.63) is 24.5 Å². The fourth-order valence-corrected chi connectivity index (χ4v) is 1.28. The molecule has 1 aliphatic heterocycles. The highest BCUT2D eigenvalue weighted by Crippen LogP contribution is 2.02. The van der Waals surface area contributed by atoms with Gasteiger partial charge in [-0.1, -0.05) is 6.08 Å². The van der Waals surface area contributed by atoms with Crippen LogP contribution in [-0.2, 0) is 23.9 Å². The topological polar surface area (TPSA) is 72.9 Å². The van der Waals surface area contributed by atoms with Gasteiger partial charge >= 0.3 is 5.97 Å². The molecule has 1 heterocycles. The van der Waals surface area contributed by atoms with Gasteiger partial charge in [-0.05, 0) is 6.92 Å². The molecular formula is C12H15NO5. The molecule has 0 fully saturated rings. The Labute approximate surface area is 105 Å². The van der Waals surface area contributed by atoms with Crippen LogP contribution in [0.5, 0.6) is 0 Å². The second-order valence-corrected chi connectivity index (χ2v) is 3.47. The minimum Gasteiger partial charge on any atom is -0.501 e. The van der Waals surface area contributed by atoms with E-state index in [1.54, 1.807) is 13.0 Å². The summed E-state index contributed by atoms with van der Waals surface area (Å²) in [5, 5.41) is 0. The lowest BCUT2D eigenvalue weighted by molar-refractivity contribution is -0.148. The number of rotatable bonds is 7. The van der Waals surface area contributed by atoms with Crippen LogP contribution in [0.25, 0.3) is 0 Å². The molecule has 0 atom stereocenters. The molecule has 98 valence electrons. The summed E-state index contributed by atoms with van der Waals surface area (Å²) in [5.74, 6) is -1.19. The van der Waals surface area contributed by atoms with Crippen LogP contribution in [0.1, 0.15) is 13.3 Å². The molecule has 0 saturated heterocycles. The van der Waals surface area contributed by atoms with Crippen molar-refractivity contribution in [1.29, 1.82) is 0 Å². The summed E-state index contributed by atoms with van der Waals surface area (Å²) < 4.78 is 9.82. The van der Waals surface area contributed by atoms with Crippen molar-refractivity contribution in [3.8, 4) is 0 Å². The van der Waals surface area contributed by atoms with Gasteiger partial charge in [0.15, 0.2) is 0 Å². The van der Waals surface area contributed by atoms with Gasteiger partial charge in [-0.15, -0.1) is 0 Å². The predicted octanol–water partition coefficient (Wildman–Crippen LogP) is 0.395. The zero-order valence-electron chi connectivity index (χ0n) is 10.1. The highest BCUT2D eigenvalue weighted by Gasteiger charge is 2.22. The minimum absolute atomic E-state index is 0.00160. The molecule has 0 aromatic rings. The first-order valence-electron chi connectivity index (χ1n) is 5.57. The molecule has 0 N–H and O–H groups in total. The lowest BCUT2D eigenvalue weighted by Gasteiger charge is -2.13. The van der Waals surface area contributed by atoms with Gasteiger partial charge in [-0.2, -0.15) is 0 Å². The maximum absolute atomic E-state index is 11.2. The van der Waals surface area contributed by atoms with E-state index in [2.05, 4.69) is 0 Å². The molecule has 0 aromatic carbocycles. The van der Waals surface area contributed by atoms with Crippen molar-refractivity contribution in [1.82, 2.24) is 4.90 Å². The van der Waals surface area contributed by atoms with E-state index in [0.29, 0.717) is 0 Å². The van der Waals surface area contributed by atoms with Gasteiger partial charge in [-0.3, -0.25) is 19.3 Å². The average molecular weight is 253 g/mol. The van der Waals surface area contributed by atoms with E-state index < -0.39 is 5.97 Å².